The van der Waals surface area contributed by atoms with E-state index >= 15 is 0 Å². The van der Waals surface area contributed by atoms with Gasteiger partial charge in [-0.2, -0.15) is 0 Å². The second-order valence-electron chi connectivity index (χ2n) is 4.38. The Balaban J connectivity index is 1.85. The van der Waals surface area contributed by atoms with Crippen LogP contribution in [-0.2, 0) is 6.54 Å². The molecule has 100 valence electrons. The number of aryl methyl sites for hydroxylation is 1. The number of anilines is 1. The van der Waals surface area contributed by atoms with Gasteiger partial charge in [0.1, 0.15) is 5.52 Å². The molecule has 0 saturated heterocycles. The van der Waals surface area contributed by atoms with Crippen LogP contribution in [0.1, 0.15) is 11.4 Å². The van der Waals surface area contributed by atoms with Crippen molar-refractivity contribution in [2.24, 2.45) is 0 Å². The minimum absolute atomic E-state index is 0.601. The molecule has 3 aromatic rings. The van der Waals surface area contributed by atoms with Crippen molar-refractivity contribution in [2.45, 2.75) is 13.5 Å². The number of hydrogen-bond acceptors (Lipinski definition) is 5. The van der Waals surface area contributed by atoms with Gasteiger partial charge >= 0.3 is 0 Å². The van der Waals surface area contributed by atoms with Crippen LogP contribution in [0.5, 0.6) is 0 Å². The third-order valence-corrected chi connectivity index (χ3v) is 3.27. The summed E-state index contributed by atoms with van der Waals surface area (Å²) in [6.45, 7) is 2.52. The maximum absolute atomic E-state index is 4.40. The zero-order chi connectivity index (χ0) is 13.9. The van der Waals surface area contributed by atoms with E-state index in [1.807, 2.05) is 19.1 Å². The Bertz CT molecular complexity index is 742. The van der Waals surface area contributed by atoms with Crippen molar-refractivity contribution in [1.29, 1.82) is 0 Å². The molecule has 6 heteroatoms. The Kier molecular flexibility index (Phi) is 3.56. The first-order valence-corrected chi connectivity index (χ1v) is 6.93. The summed E-state index contributed by atoms with van der Waals surface area (Å²) < 4.78 is 0.916. The van der Waals surface area contributed by atoms with E-state index in [0.717, 1.165) is 32.6 Å². The van der Waals surface area contributed by atoms with E-state index in [2.05, 4.69) is 41.2 Å². The maximum Gasteiger partial charge on any atom is 0.112 e. The van der Waals surface area contributed by atoms with Gasteiger partial charge < -0.3 is 5.32 Å². The van der Waals surface area contributed by atoms with E-state index < -0.39 is 0 Å². The van der Waals surface area contributed by atoms with Crippen molar-refractivity contribution >= 4 is 32.7 Å². The quantitative estimate of drug-likeness (QED) is 0.799. The predicted molar refractivity (Wildman–Crippen MR) is 81.3 cm³/mol. The first kappa shape index (κ1) is 12.9. The summed E-state index contributed by atoms with van der Waals surface area (Å²) in [6, 6.07) is 3.85. The summed E-state index contributed by atoms with van der Waals surface area (Å²) in [5, 5.41) is 3.32. The second kappa shape index (κ2) is 5.50. The maximum atomic E-state index is 4.40. The van der Waals surface area contributed by atoms with Gasteiger partial charge in [-0.3, -0.25) is 19.9 Å². The molecule has 3 rings (SSSR count). The summed E-state index contributed by atoms with van der Waals surface area (Å²) in [5.74, 6) is 0. The number of rotatable bonds is 3. The number of aromatic nitrogens is 4. The van der Waals surface area contributed by atoms with Gasteiger partial charge in [0, 0.05) is 23.1 Å². The number of nitrogens with zero attached hydrogens (tertiary/aromatic N) is 4. The van der Waals surface area contributed by atoms with Crippen LogP contribution in [0.25, 0.3) is 11.0 Å². The Morgan fingerprint density at radius 1 is 1.10 bits per heavy atom. The molecule has 5 nitrogen and oxygen atoms in total. The van der Waals surface area contributed by atoms with Crippen molar-refractivity contribution in [2.75, 3.05) is 5.32 Å². The van der Waals surface area contributed by atoms with Crippen molar-refractivity contribution in [1.82, 2.24) is 19.9 Å². The third-order valence-electron chi connectivity index (χ3n) is 2.84. The van der Waals surface area contributed by atoms with Gasteiger partial charge in [0.15, 0.2) is 0 Å². The molecule has 0 aliphatic heterocycles. The molecule has 3 aromatic heterocycles. The van der Waals surface area contributed by atoms with Crippen LogP contribution in [0.4, 0.5) is 5.69 Å². The van der Waals surface area contributed by atoms with Crippen molar-refractivity contribution in [3.63, 3.8) is 0 Å². The van der Waals surface area contributed by atoms with Gasteiger partial charge in [-0.25, -0.2) is 0 Å². The minimum atomic E-state index is 0.601. The average molecular weight is 330 g/mol. The largest absolute Gasteiger partial charge is 0.377 e. The van der Waals surface area contributed by atoms with Gasteiger partial charge in [-0.05, 0) is 35.0 Å². The summed E-state index contributed by atoms with van der Waals surface area (Å²) >= 11 is 3.40. The van der Waals surface area contributed by atoms with E-state index in [1.54, 1.807) is 24.8 Å². The van der Waals surface area contributed by atoms with Crippen LogP contribution in [0.15, 0.2) is 41.4 Å². The van der Waals surface area contributed by atoms with Gasteiger partial charge in [0.05, 0.1) is 35.3 Å². The Hall–Kier alpha value is -2.08. The van der Waals surface area contributed by atoms with E-state index in [1.165, 1.54) is 0 Å². The fourth-order valence-electron chi connectivity index (χ4n) is 1.84. The molecule has 20 heavy (non-hydrogen) atoms. The molecule has 0 saturated carbocycles. The highest BCUT2D eigenvalue weighted by Gasteiger charge is 2.04. The molecular weight excluding hydrogens is 318 g/mol. The molecule has 1 N–H and O–H groups in total. The smallest absolute Gasteiger partial charge is 0.112 e. The van der Waals surface area contributed by atoms with Crippen molar-refractivity contribution < 1.29 is 0 Å². The lowest BCUT2D eigenvalue weighted by atomic mass is 10.2. The van der Waals surface area contributed by atoms with E-state index in [0.29, 0.717) is 6.54 Å². The molecule has 3 heterocycles. The Morgan fingerprint density at radius 2 is 2.00 bits per heavy atom. The zero-order valence-corrected chi connectivity index (χ0v) is 12.4. The molecule has 0 bridgehead atoms. The number of pyridine rings is 2. The second-order valence-corrected chi connectivity index (χ2v) is 5.30. The summed E-state index contributed by atoms with van der Waals surface area (Å²) in [5.41, 5.74) is 4.42. The molecule has 0 amide bonds. The Labute approximate surface area is 124 Å². The first-order chi connectivity index (χ1) is 9.72. The number of halogens is 1. The van der Waals surface area contributed by atoms with Crippen LogP contribution in [0.3, 0.4) is 0 Å². The van der Waals surface area contributed by atoms with Gasteiger partial charge in [0.25, 0.3) is 0 Å². The van der Waals surface area contributed by atoms with E-state index in [4.69, 9.17) is 0 Å². The van der Waals surface area contributed by atoms with Crippen LogP contribution in [0.2, 0.25) is 0 Å². The zero-order valence-electron chi connectivity index (χ0n) is 10.8. The summed E-state index contributed by atoms with van der Waals surface area (Å²) in [7, 11) is 0. The van der Waals surface area contributed by atoms with E-state index in [-0.39, 0.29) is 0 Å². The molecular formula is C14H12BrN5. The molecule has 0 aromatic carbocycles. The third kappa shape index (κ3) is 2.75. The molecule has 0 radical (unpaired) electrons. The number of fused-ring (bicyclic) bond motifs is 1. The lowest BCUT2D eigenvalue weighted by molar-refractivity contribution is 0.985. The number of hydrogen-bond donors (Lipinski definition) is 1. The standard InChI is InChI=1S/C14H12BrN5/c1-9-5-18-11(7-17-9)8-19-12-2-3-16-13-4-10(15)6-20-14(12)13/h2-7H,8H2,1H3,(H,16,19). The molecule has 0 fully saturated rings. The summed E-state index contributed by atoms with van der Waals surface area (Å²) in [6.07, 6.45) is 7.06. The normalized spacial score (nSPS) is 10.7. The lowest BCUT2D eigenvalue weighted by Gasteiger charge is -2.08. The van der Waals surface area contributed by atoms with Crippen molar-refractivity contribution in [3.05, 3.63) is 52.8 Å². The molecule has 0 atom stereocenters. The first-order valence-electron chi connectivity index (χ1n) is 6.14. The fraction of sp³-hybridized carbons (Fsp3) is 0.143. The van der Waals surface area contributed by atoms with Crippen LogP contribution in [-0.4, -0.2) is 19.9 Å². The van der Waals surface area contributed by atoms with Crippen LogP contribution >= 0.6 is 15.9 Å². The summed E-state index contributed by atoms with van der Waals surface area (Å²) in [4.78, 5) is 17.3. The Morgan fingerprint density at radius 3 is 2.80 bits per heavy atom. The minimum Gasteiger partial charge on any atom is -0.377 e. The predicted octanol–water partition coefficient (Wildman–Crippen LogP) is 3.10. The monoisotopic (exact) mass is 329 g/mol. The molecule has 0 unspecified atom stereocenters. The lowest BCUT2D eigenvalue weighted by Crippen LogP contribution is -2.03. The molecule has 0 aliphatic carbocycles. The van der Waals surface area contributed by atoms with Crippen molar-refractivity contribution in [3.8, 4) is 0 Å². The highest BCUT2D eigenvalue weighted by atomic mass is 79.9. The van der Waals surface area contributed by atoms with E-state index in [9.17, 15) is 0 Å². The highest BCUT2D eigenvalue weighted by Crippen LogP contribution is 2.22. The highest BCUT2D eigenvalue weighted by molar-refractivity contribution is 9.10. The van der Waals surface area contributed by atoms with Crippen LogP contribution < -0.4 is 5.32 Å². The molecule has 0 spiro atoms. The topological polar surface area (TPSA) is 63.6 Å². The average Bonchev–Trinajstić information content (AvgIpc) is 2.46. The SMILES string of the molecule is Cc1cnc(CNc2ccnc3cc(Br)cnc23)cn1. The van der Waals surface area contributed by atoms with Gasteiger partial charge in [-0.15, -0.1) is 0 Å². The van der Waals surface area contributed by atoms with Gasteiger partial charge in [0.2, 0.25) is 0 Å². The van der Waals surface area contributed by atoms with Gasteiger partial charge in [-0.1, -0.05) is 0 Å². The molecule has 0 aliphatic rings. The fourth-order valence-corrected chi connectivity index (χ4v) is 2.16. The number of nitrogens with one attached hydrogen (secondary N) is 1. The van der Waals surface area contributed by atoms with Crippen LogP contribution in [0, 0.1) is 6.92 Å².